The maximum absolute atomic E-state index is 12.2. The zero-order chi connectivity index (χ0) is 17.6. The van der Waals surface area contributed by atoms with Crippen molar-refractivity contribution in [3.8, 4) is 0 Å². The fourth-order valence-electron chi connectivity index (χ4n) is 1.92. The lowest BCUT2D eigenvalue weighted by Crippen LogP contribution is -2.20. The van der Waals surface area contributed by atoms with E-state index in [9.17, 15) is 4.79 Å². The fourth-order valence-corrected chi connectivity index (χ4v) is 2.75. The molecule has 0 aliphatic rings. The molecule has 2 aromatic heterocycles. The lowest BCUT2D eigenvalue weighted by Gasteiger charge is -2.02. The van der Waals surface area contributed by atoms with Crippen LogP contribution in [0.4, 0.5) is 10.8 Å². The average Bonchev–Trinajstić information content (AvgIpc) is 3.10. The number of rotatable bonds is 5. The molecule has 25 heavy (non-hydrogen) atoms. The normalized spacial score (nSPS) is 11.2. The first kappa shape index (κ1) is 17.1. The molecule has 0 saturated heterocycles. The molecule has 0 radical (unpaired) electrons. The molecule has 8 heteroatoms. The number of benzene rings is 1. The molecule has 0 unspecified atom stereocenters. The first-order valence-corrected chi connectivity index (χ1v) is 8.62. The third-order valence-corrected chi connectivity index (χ3v) is 4.20. The van der Waals surface area contributed by atoms with Gasteiger partial charge in [0.15, 0.2) is 5.13 Å². The number of aromatic nitrogens is 2. The summed E-state index contributed by atoms with van der Waals surface area (Å²) in [6, 6.07) is 12.7. The summed E-state index contributed by atoms with van der Waals surface area (Å²) in [5.74, 6) is -0.379. The molecular weight excluding hydrogens is 358 g/mol. The summed E-state index contributed by atoms with van der Waals surface area (Å²) in [7, 11) is 0. The second-order valence-corrected chi connectivity index (χ2v) is 6.32. The van der Waals surface area contributed by atoms with Gasteiger partial charge >= 0.3 is 0 Å². The molecule has 3 aromatic rings. The molecule has 0 atom stereocenters. The van der Waals surface area contributed by atoms with Crippen LogP contribution in [0.2, 0.25) is 5.02 Å². The van der Waals surface area contributed by atoms with E-state index in [-0.39, 0.29) is 5.91 Å². The number of hydrazone groups is 1. The summed E-state index contributed by atoms with van der Waals surface area (Å²) in [4.78, 5) is 20.6. The molecule has 3 rings (SSSR count). The molecule has 6 nitrogen and oxygen atoms in total. The molecule has 0 spiro atoms. The quantitative estimate of drug-likeness (QED) is 0.523. The topological polar surface area (TPSA) is 79.3 Å². The Bertz CT molecular complexity index is 893. The number of thiazole rings is 1. The zero-order valence-corrected chi connectivity index (χ0v) is 14.8. The lowest BCUT2D eigenvalue weighted by atomic mass is 10.3. The van der Waals surface area contributed by atoms with Crippen LogP contribution in [-0.2, 0) is 0 Å². The van der Waals surface area contributed by atoms with Crippen molar-refractivity contribution in [1.29, 1.82) is 0 Å². The molecule has 1 amide bonds. The van der Waals surface area contributed by atoms with Gasteiger partial charge in [-0.05, 0) is 43.3 Å². The van der Waals surface area contributed by atoms with E-state index in [0.717, 1.165) is 5.69 Å². The number of carbonyl (C=O) groups is 1. The SMILES string of the molecule is C/C(=N\NC(=O)c1csc(Nc2ccc(Cl)cc2)n1)c1ccccn1. The third kappa shape index (κ3) is 4.62. The molecular formula is C17H14ClN5OS. The first-order chi connectivity index (χ1) is 12.1. The van der Waals surface area contributed by atoms with Crippen LogP contribution >= 0.6 is 22.9 Å². The Labute approximate surface area is 153 Å². The predicted octanol–water partition coefficient (Wildman–Crippen LogP) is 4.09. The zero-order valence-electron chi connectivity index (χ0n) is 13.2. The molecule has 0 aliphatic heterocycles. The predicted molar refractivity (Wildman–Crippen MR) is 101 cm³/mol. The van der Waals surface area contributed by atoms with Gasteiger partial charge in [-0.3, -0.25) is 9.78 Å². The standard InChI is InChI=1S/C17H14ClN5OS/c1-11(14-4-2-3-9-19-14)22-23-16(24)15-10-25-17(21-15)20-13-7-5-12(18)6-8-13/h2-10H,1H3,(H,20,21)(H,23,24)/b22-11+. The minimum atomic E-state index is -0.379. The molecule has 2 N–H and O–H groups in total. The molecule has 0 bridgehead atoms. The Morgan fingerprint density at radius 2 is 1.96 bits per heavy atom. The highest BCUT2D eigenvalue weighted by atomic mass is 35.5. The lowest BCUT2D eigenvalue weighted by molar-refractivity contribution is 0.0950. The van der Waals surface area contributed by atoms with Crippen molar-refractivity contribution in [2.75, 3.05) is 5.32 Å². The maximum Gasteiger partial charge on any atom is 0.290 e. The van der Waals surface area contributed by atoms with Crippen LogP contribution < -0.4 is 10.7 Å². The maximum atomic E-state index is 12.2. The number of anilines is 2. The Morgan fingerprint density at radius 3 is 2.68 bits per heavy atom. The average molecular weight is 372 g/mol. The van der Waals surface area contributed by atoms with Gasteiger partial charge in [-0.15, -0.1) is 11.3 Å². The van der Waals surface area contributed by atoms with Crippen molar-refractivity contribution in [3.63, 3.8) is 0 Å². The summed E-state index contributed by atoms with van der Waals surface area (Å²) in [5.41, 5.74) is 4.94. The number of carbonyl (C=O) groups excluding carboxylic acids is 1. The molecule has 0 fully saturated rings. The van der Waals surface area contributed by atoms with Crippen LogP contribution in [0.3, 0.4) is 0 Å². The number of nitrogens with one attached hydrogen (secondary N) is 2. The van der Waals surface area contributed by atoms with Gasteiger partial charge in [-0.2, -0.15) is 5.10 Å². The summed E-state index contributed by atoms with van der Waals surface area (Å²) >= 11 is 7.18. The van der Waals surface area contributed by atoms with Crippen molar-refractivity contribution in [2.24, 2.45) is 5.10 Å². The molecule has 1 aromatic carbocycles. The van der Waals surface area contributed by atoms with Gasteiger partial charge in [0.2, 0.25) is 0 Å². The number of hydrogen-bond acceptors (Lipinski definition) is 6. The van der Waals surface area contributed by atoms with Gasteiger partial charge in [0, 0.05) is 22.3 Å². The van der Waals surface area contributed by atoms with Crippen molar-refractivity contribution in [3.05, 3.63) is 70.5 Å². The summed E-state index contributed by atoms with van der Waals surface area (Å²) in [6.07, 6.45) is 1.67. The Balaban J connectivity index is 1.63. The number of amides is 1. The van der Waals surface area contributed by atoms with E-state index in [1.54, 1.807) is 30.6 Å². The number of pyridine rings is 1. The summed E-state index contributed by atoms with van der Waals surface area (Å²) < 4.78 is 0. The van der Waals surface area contributed by atoms with E-state index in [1.165, 1.54) is 11.3 Å². The molecule has 0 aliphatic carbocycles. The number of hydrogen-bond donors (Lipinski definition) is 2. The van der Waals surface area contributed by atoms with E-state index in [0.29, 0.717) is 27.3 Å². The summed E-state index contributed by atoms with van der Waals surface area (Å²) in [6.45, 7) is 1.77. The minimum Gasteiger partial charge on any atom is -0.332 e. The second-order valence-electron chi connectivity index (χ2n) is 5.02. The van der Waals surface area contributed by atoms with Gasteiger partial charge in [0.25, 0.3) is 5.91 Å². The van der Waals surface area contributed by atoms with E-state index >= 15 is 0 Å². The van der Waals surface area contributed by atoms with Crippen molar-refractivity contribution < 1.29 is 4.79 Å². The third-order valence-electron chi connectivity index (χ3n) is 3.19. The van der Waals surface area contributed by atoms with Crippen molar-refractivity contribution in [2.45, 2.75) is 6.92 Å². The van der Waals surface area contributed by atoms with Crippen molar-refractivity contribution >= 4 is 45.4 Å². The highest BCUT2D eigenvalue weighted by Crippen LogP contribution is 2.22. The van der Waals surface area contributed by atoms with Gasteiger partial charge in [-0.1, -0.05) is 17.7 Å². The Morgan fingerprint density at radius 1 is 1.16 bits per heavy atom. The first-order valence-electron chi connectivity index (χ1n) is 7.36. The number of nitrogens with zero attached hydrogens (tertiary/aromatic N) is 3. The van der Waals surface area contributed by atoms with E-state index in [2.05, 4.69) is 25.8 Å². The van der Waals surface area contributed by atoms with E-state index < -0.39 is 0 Å². The highest BCUT2D eigenvalue weighted by molar-refractivity contribution is 7.14. The van der Waals surface area contributed by atoms with Crippen molar-refractivity contribution in [1.82, 2.24) is 15.4 Å². The Hall–Kier alpha value is -2.77. The van der Waals surface area contributed by atoms with Crippen LogP contribution in [0.1, 0.15) is 23.1 Å². The van der Waals surface area contributed by atoms with Crippen LogP contribution in [0.25, 0.3) is 0 Å². The van der Waals surface area contributed by atoms with Crippen LogP contribution in [0, 0.1) is 0 Å². The van der Waals surface area contributed by atoms with E-state index in [4.69, 9.17) is 11.6 Å². The number of halogens is 1. The fraction of sp³-hybridized carbons (Fsp3) is 0.0588. The van der Waals surface area contributed by atoms with Gasteiger partial charge in [-0.25, -0.2) is 10.4 Å². The monoisotopic (exact) mass is 371 g/mol. The smallest absolute Gasteiger partial charge is 0.290 e. The van der Waals surface area contributed by atoms with Crippen LogP contribution in [-0.4, -0.2) is 21.6 Å². The minimum absolute atomic E-state index is 0.291. The molecule has 0 saturated carbocycles. The molecule has 2 heterocycles. The van der Waals surface area contributed by atoms with Gasteiger partial charge < -0.3 is 5.32 Å². The largest absolute Gasteiger partial charge is 0.332 e. The van der Waals surface area contributed by atoms with E-state index in [1.807, 2.05) is 30.3 Å². The van der Waals surface area contributed by atoms with Crippen LogP contribution in [0.5, 0.6) is 0 Å². The van der Waals surface area contributed by atoms with Gasteiger partial charge in [0.1, 0.15) is 5.69 Å². The Kier molecular flexibility index (Phi) is 5.37. The highest BCUT2D eigenvalue weighted by Gasteiger charge is 2.11. The van der Waals surface area contributed by atoms with Gasteiger partial charge in [0.05, 0.1) is 11.4 Å². The van der Waals surface area contributed by atoms with Crippen LogP contribution in [0.15, 0.2) is 59.1 Å². The second kappa shape index (κ2) is 7.87. The summed E-state index contributed by atoms with van der Waals surface area (Å²) in [5, 5.41) is 10.1. The molecule has 126 valence electrons.